The van der Waals surface area contributed by atoms with Gasteiger partial charge in [-0.25, -0.2) is 4.98 Å². The van der Waals surface area contributed by atoms with Crippen molar-refractivity contribution in [1.82, 2.24) is 10.3 Å². The van der Waals surface area contributed by atoms with E-state index in [-0.39, 0.29) is 16.9 Å². The van der Waals surface area contributed by atoms with Crippen LogP contribution in [0.4, 0.5) is 4.39 Å². The SMILES string of the molecule is CCCC1(CNC(=O)c2cccnc2F)CC1. The molecule has 0 atom stereocenters. The molecule has 0 unspecified atom stereocenters. The Labute approximate surface area is 100 Å². The number of pyridine rings is 1. The minimum atomic E-state index is -0.703. The van der Waals surface area contributed by atoms with Gasteiger partial charge in [-0.1, -0.05) is 13.3 Å². The predicted molar refractivity (Wildman–Crippen MR) is 63.1 cm³/mol. The lowest BCUT2D eigenvalue weighted by atomic mass is 10.0. The Hall–Kier alpha value is -1.45. The molecular weight excluding hydrogens is 219 g/mol. The summed E-state index contributed by atoms with van der Waals surface area (Å²) in [6.45, 7) is 2.79. The predicted octanol–water partition coefficient (Wildman–Crippen LogP) is 2.53. The third kappa shape index (κ3) is 2.81. The average Bonchev–Trinajstić information content (AvgIpc) is 3.08. The lowest BCUT2D eigenvalue weighted by Gasteiger charge is -2.14. The van der Waals surface area contributed by atoms with Gasteiger partial charge >= 0.3 is 0 Å². The first-order valence-electron chi connectivity index (χ1n) is 6.06. The van der Waals surface area contributed by atoms with Crippen LogP contribution in [0.15, 0.2) is 18.3 Å². The summed E-state index contributed by atoms with van der Waals surface area (Å²) in [4.78, 5) is 15.2. The zero-order valence-electron chi connectivity index (χ0n) is 10.0. The molecule has 0 aliphatic heterocycles. The normalized spacial score (nSPS) is 16.6. The number of rotatable bonds is 5. The number of carbonyl (C=O) groups excluding carboxylic acids is 1. The van der Waals surface area contributed by atoms with Crippen molar-refractivity contribution in [2.24, 2.45) is 5.41 Å². The Morgan fingerprint density at radius 2 is 2.35 bits per heavy atom. The minimum Gasteiger partial charge on any atom is -0.351 e. The van der Waals surface area contributed by atoms with E-state index in [0.717, 1.165) is 25.7 Å². The van der Waals surface area contributed by atoms with E-state index in [1.807, 2.05) is 0 Å². The van der Waals surface area contributed by atoms with Crippen LogP contribution in [0.1, 0.15) is 43.0 Å². The molecule has 1 saturated carbocycles. The molecule has 92 valence electrons. The van der Waals surface area contributed by atoms with Gasteiger partial charge in [-0.3, -0.25) is 4.79 Å². The zero-order chi connectivity index (χ0) is 12.3. The van der Waals surface area contributed by atoms with Crippen LogP contribution in [0.3, 0.4) is 0 Å². The molecule has 0 spiro atoms. The van der Waals surface area contributed by atoms with Gasteiger partial charge < -0.3 is 5.32 Å². The van der Waals surface area contributed by atoms with Crippen molar-refractivity contribution >= 4 is 5.91 Å². The Bertz CT molecular complexity index is 416. The van der Waals surface area contributed by atoms with Crippen LogP contribution in [-0.2, 0) is 0 Å². The molecule has 1 amide bonds. The standard InChI is InChI=1S/C13H17FN2O/c1-2-5-13(6-7-13)9-16-12(17)10-4-3-8-15-11(10)14/h3-4,8H,2,5-7,9H2,1H3,(H,16,17). The molecule has 0 saturated heterocycles. The quantitative estimate of drug-likeness (QED) is 0.798. The van der Waals surface area contributed by atoms with E-state index in [4.69, 9.17) is 0 Å². The third-order valence-corrected chi connectivity index (χ3v) is 3.37. The molecule has 17 heavy (non-hydrogen) atoms. The number of amides is 1. The van der Waals surface area contributed by atoms with E-state index < -0.39 is 5.95 Å². The Morgan fingerprint density at radius 3 is 2.94 bits per heavy atom. The van der Waals surface area contributed by atoms with Crippen molar-refractivity contribution in [3.63, 3.8) is 0 Å². The molecule has 1 aromatic heterocycles. The maximum atomic E-state index is 13.3. The second-order valence-electron chi connectivity index (χ2n) is 4.77. The fourth-order valence-electron chi connectivity index (χ4n) is 2.14. The van der Waals surface area contributed by atoms with E-state index in [0.29, 0.717) is 6.54 Å². The minimum absolute atomic E-state index is 0.0276. The first-order chi connectivity index (χ1) is 8.17. The Balaban J connectivity index is 1.92. The number of nitrogens with zero attached hydrogens (tertiary/aromatic N) is 1. The van der Waals surface area contributed by atoms with Gasteiger partial charge in [0.2, 0.25) is 5.95 Å². The van der Waals surface area contributed by atoms with Crippen LogP contribution in [0.25, 0.3) is 0 Å². The van der Waals surface area contributed by atoms with Crippen molar-refractivity contribution in [2.75, 3.05) is 6.54 Å². The second kappa shape index (κ2) is 4.82. The molecule has 1 fully saturated rings. The van der Waals surface area contributed by atoms with Crippen LogP contribution < -0.4 is 5.32 Å². The molecule has 0 radical (unpaired) electrons. The average molecular weight is 236 g/mol. The van der Waals surface area contributed by atoms with Crippen LogP contribution in [0.5, 0.6) is 0 Å². The van der Waals surface area contributed by atoms with Gasteiger partial charge in [0.1, 0.15) is 0 Å². The highest BCUT2D eigenvalue weighted by Gasteiger charge is 2.41. The Kier molecular flexibility index (Phi) is 3.41. The molecular formula is C13H17FN2O. The molecule has 0 bridgehead atoms. The Morgan fingerprint density at radius 1 is 1.59 bits per heavy atom. The van der Waals surface area contributed by atoms with Crippen molar-refractivity contribution in [3.05, 3.63) is 29.8 Å². The first kappa shape index (κ1) is 12.0. The van der Waals surface area contributed by atoms with Crippen molar-refractivity contribution in [3.8, 4) is 0 Å². The highest BCUT2D eigenvalue weighted by molar-refractivity contribution is 5.94. The molecule has 3 nitrogen and oxygen atoms in total. The molecule has 1 N–H and O–H groups in total. The summed E-state index contributed by atoms with van der Waals surface area (Å²) in [5, 5.41) is 2.81. The maximum Gasteiger partial charge on any atom is 0.255 e. The smallest absolute Gasteiger partial charge is 0.255 e. The number of carbonyl (C=O) groups is 1. The summed E-state index contributed by atoms with van der Waals surface area (Å²) < 4.78 is 13.3. The molecule has 1 aliphatic rings. The summed E-state index contributed by atoms with van der Waals surface area (Å²) in [5.74, 6) is -1.07. The zero-order valence-corrected chi connectivity index (χ0v) is 10.0. The second-order valence-corrected chi connectivity index (χ2v) is 4.77. The van der Waals surface area contributed by atoms with Gasteiger partial charge in [-0.15, -0.1) is 0 Å². The molecule has 1 aliphatic carbocycles. The van der Waals surface area contributed by atoms with E-state index in [1.54, 1.807) is 6.07 Å². The fourth-order valence-corrected chi connectivity index (χ4v) is 2.14. The number of hydrogen-bond donors (Lipinski definition) is 1. The number of halogens is 1. The van der Waals surface area contributed by atoms with E-state index in [1.165, 1.54) is 12.3 Å². The van der Waals surface area contributed by atoms with Crippen LogP contribution in [0, 0.1) is 11.4 Å². The van der Waals surface area contributed by atoms with E-state index >= 15 is 0 Å². The summed E-state index contributed by atoms with van der Waals surface area (Å²) in [5.41, 5.74) is 0.308. The summed E-state index contributed by atoms with van der Waals surface area (Å²) in [7, 11) is 0. The molecule has 1 aromatic rings. The highest BCUT2D eigenvalue weighted by Crippen LogP contribution is 2.48. The van der Waals surface area contributed by atoms with Gasteiger partial charge in [0, 0.05) is 12.7 Å². The van der Waals surface area contributed by atoms with Crippen molar-refractivity contribution in [2.45, 2.75) is 32.6 Å². The lowest BCUT2D eigenvalue weighted by molar-refractivity contribution is 0.0938. The van der Waals surface area contributed by atoms with Gasteiger partial charge in [0.25, 0.3) is 5.91 Å². The largest absolute Gasteiger partial charge is 0.351 e. The summed E-state index contributed by atoms with van der Waals surface area (Å²) >= 11 is 0. The molecule has 1 heterocycles. The molecule has 2 rings (SSSR count). The maximum absolute atomic E-state index is 13.3. The van der Waals surface area contributed by atoms with Gasteiger partial charge in [-0.05, 0) is 36.8 Å². The van der Waals surface area contributed by atoms with Crippen LogP contribution in [-0.4, -0.2) is 17.4 Å². The fraction of sp³-hybridized carbons (Fsp3) is 0.538. The number of hydrogen-bond acceptors (Lipinski definition) is 2. The lowest BCUT2D eigenvalue weighted by Crippen LogP contribution is -2.31. The summed E-state index contributed by atoms with van der Waals surface area (Å²) in [6.07, 6.45) is 5.92. The van der Waals surface area contributed by atoms with Gasteiger partial charge in [-0.2, -0.15) is 4.39 Å². The van der Waals surface area contributed by atoms with E-state index in [9.17, 15) is 9.18 Å². The van der Waals surface area contributed by atoms with Gasteiger partial charge in [0.15, 0.2) is 0 Å². The number of nitrogens with one attached hydrogen (secondary N) is 1. The topological polar surface area (TPSA) is 42.0 Å². The van der Waals surface area contributed by atoms with E-state index in [2.05, 4.69) is 17.2 Å². The van der Waals surface area contributed by atoms with Crippen molar-refractivity contribution < 1.29 is 9.18 Å². The number of aromatic nitrogens is 1. The highest BCUT2D eigenvalue weighted by atomic mass is 19.1. The summed E-state index contributed by atoms with van der Waals surface area (Å²) in [6, 6.07) is 3.02. The monoisotopic (exact) mass is 236 g/mol. The van der Waals surface area contributed by atoms with Gasteiger partial charge in [0.05, 0.1) is 5.56 Å². The first-order valence-corrected chi connectivity index (χ1v) is 6.06. The van der Waals surface area contributed by atoms with Crippen LogP contribution >= 0.6 is 0 Å². The van der Waals surface area contributed by atoms with Crippen molar-refractivity contribution in [1.29, 1.82) is 0 Å². The third-order valence-electron chi connectivity index (χ3n) is 3.37. The molecule has 0 aromatic carbocycles. The van der Waals surface area contributed by atoms with Crippen LogP contribution in [0.2, 0.25) is 0 Å². The molecule has 4 heteroatoms.